The van der Waals surface area contributed by atoms with Gasteiger partial charge in [0, 0.05) is 33.4 Å². The van der Waals surface area contributed by atoms with Gasteiger partial charge in [-0.2, -0.15) is 0 Å². The van der Waals surface area contributed by atoms with Gasteiger partial charge in [0.05, 0.1) is 13.2 Å². The van der Waals surface area contributed by atoms with Crippen LogP contribution in [0.25, 0.3) is 0 Å². The minimum Gasteiger partial charge on any atom is -0.382 e. The van der Waals surface area contributed by atoms with E-state index in [-0.39, 0.29) is 0 Å². The number of methoxy groups -OCH3 is 1. The van der Waals surface area contributed by atoms with Crippen molar-refractivity contribution in [2.45, 2.75) is 6.42 Å². The van der Waals surface area contributed by atoms with Crippen molar-refractivity contribution in [2.24, 2.45) is 5.73 Å². The molecule has 0 aromatic rings. The average Bonchev–Trinajstić information content (AvgIpc) is 2.34. The molecule has 100 valence electrons. The molecule has 0 fully saturated rings. The van der Waals surface area contributed by atoms with Crippen molar-refractivity contribution in [1.29, 1.82) is 0 Å². The van der Waals surface area contributed by atoms with Crippen molar-refractivity contribution in [3.8, 4) is 0 Å². The Morgan fingerprint density at radius 1 is 1.06 bits per heavy atom. The number of nitrogens with two attached hydrogens (primary N) is 1. The number of carbonyl (C=O) groups excluding carboxylic acids is 2. The largest absolute Gasteiger partial charge is 0.382 e. The second kappa shape index (κ2) is 11.3. The highest BCUT2D eigenvalue weighted by Crippen LogP contribution is 1.82. The molecule has 0 unspecified atom stereocenters. The summed E-state index contributed by atoms with van der Waals surface area (Å²) in [4.78, 5) is 22.2. The highest BCUT2D eigenvalue weighted by atomic mass is 16.5. The van der Waals surface area contributed by atoms with E-state index in [1.54, 1.807) is 7.11 Å². The van der Waals surface area contributed by atoms with E-state index in [2.05, 4.69) is 10.6 Å². The van der Waals surface area contributed by atoms with Crippen LogP contribution in [0.15, 0.2) is 0 Å². The third-order valence-corrected chi connectivity index (χ3v) is 1.82. The van der Waals surface area contributed by atoms with Crippen LogP contribution < -0.4 is 16.4 Å². The van der Waals surface area contributed by atoms with E-state index in [4.69, 9.17) is 15.2 Å². The molecule has 2 amide bonds. The number of amides is 2. The Morgan fingerprint density at radius 3 is 2.29 bits per heavy atom. The number of hydrogen-bond acceptors (Lipinski definition) is 5. The summed E-state index contributed by atoms with van der Waals surface area (Å²) < 4.78 is 9.99. The van der Waals surface area contributed by atoms with Crippen LogP contribution in [-0.4, -0.2) is 58.4 Å². The van der Waals surface area contributed by atoms with Crippen molar-refractivity contribution < 1.29 is 19.1 Å². The molecular weight excluding hydrogens is 226 g/mol. The van der Waals surface area contributed by atoms with Gasteiger partial charge in [-0.1, -0.05) is 0 Å². The number of hydrogen-bond donors (Lipinski definition) is 3. The topological polar surface area (TPSA) is 103 Å². The van der Waals surface area contributed by atoms with Crippen LogP contribution in [0.5, 0.6) is 0 Å². The smallest absolute Gasteiger partial charge is 0.309 e. The minimum absolute atomic E-state index is 0.298. The normalized spacial score (nSPS) is 10.0. The molecule has 0 bridgehead atoms. The fraction of sp³-hybridized carbons (Fsp3) is 0.800. The van der Waals surface area contributed by atoms with Crippen molar-refractivity contribution >= 4 is 11.8 Å². The zero-order chi connectivity index (χ0) is 12.9. The van der Waals surface area contributed by atoms with E-state index >= 15 is 0 Å². The molecule has 0 aromatic carbocycles. The van der Waals surface area contributed by atoms with Crippen LogP contribution in [0.2, 0.25) is 0 Å². The monoisotopic (exact) mass is 247 g/mol. The summed E-state index contributed by atoms with van der Waals surface area (Å²) in [5, 5.41) is 4.86. The Bertz CT molecular complexity index is 224. The van der Waals surface area contributed by atoms with Crippen molar-refractivity contribution in [1.82, 2.24) is 10.6 Å². The molecule has 0 radical (unpaired) electrons. The zero-order valence-corrected chi connectivity index (χ0v) is 10.2. The molecule has 0 spiro atoms. The molecule has 7 nitrogen and oxygen atoms in total. The minimum atomic E-state index is -0.657. The molecular formula is C10H21N3O4. The Balaban J connectivity index is 3.35. The summed E-state index contributed by atoms with van der Waals surface area (Å²) >= 11 is 0. The number of ether oxygens (including phenoxy) is 2. The first-order chi connectivity index (χ1) is 8.22. The van der Waals surface area contributed by atoms with Gasteiger partial charge < -0.3 is 25.8 Å². The molecule has 0 atom stereocenters. The van der Waals surface area contributed by atoms with Gasteiger partial charge in [0.25, 0.3) is 0 Å². The first-order valence-corrected chi connectivity index (χ1v) is 5.55. The van der Waals surface area contributed by atoms with E-state index in [9.17, 15) is 9.59 Å². The molecule has 4 N–H and O–H groups in total. The lowest BCUT2D eigenvalue weighted by atomic mass is 10.4. The summed E-state index contributed by atoms with van der Waals surface area (Å²) in [7, 11) is 1.60. The van der Waals surface area contributed by atoms with Gasteiger partial charge in [0.2, 0.25) is 0 Å². The highest BCUT2D eigenvalue weighted by molar-refractivity contribution is 6.35. The summed E-state index contributed by atoms with van der Waals surface area (Å²) in [5.41, 5.74) is 5.18. The van der Waals surface area contributed by atoms with E-state index in [0.717, 1.165) is 0 Å². The number of rotatable bonds is 9. The highest BCUT2D eigenvalue weighted by Gasteiger charge is 2.10. The van der Waals surface area contributed by atoms with Gasteiger partial charge in [-0.05, 0) is 6.42 Å². The lowest BCUT2D eigenvalue weighted by Gasteiger charge is -2.06. The van der Waals surface area contributed by atoms with E-state index in [1.165, 1.54) is 0 Å². The average molecular weight is 247 g/mol. The maximum absolute atomic E-state index is 11.2. The first kappa shape index (κ1) is 15.8. The molecule has 0 saturated heterocycles. The fourth-order valence-corrected chi connectivity index (χ4v) is 0.967. The van der Waals surface area contributed by atoms with Gasteiger partial charge >= 0.3 is 11.8 Å². The van der Waals surface area contributed by atoms with Gasteiger partial charge in [0.15, 0.2) is 0 Å². The van der Waals surface area contributed by atoms with Crippen molar-refractivity contribution in [3.63, 3.8) is 0 Å². The van der Waals surface area contributed by atoms with Gasteiger partial charge in [-0.15, -0.1) is 0 Å². The predicted octanol–water partition coefficient (Wildman–Crippen LogP) is -1.77. The van der Waals surface area contributed by atoms with Crippen LogP contribution in [0.4, 0.5) is 0 Å². The predicted molar refractivity (Wildman–Crippen MR) is 62.4 cm³/mol. The Morgan fingerprint density at radius 2 is 1.71 bits per heavy atom. The van der Waals surface area contributed by atoms with E-state index in [1.807, 2.05) is 0 Å². The van der Waals surface area contributed by atoms with Crippen LogP contribution in [0.3, 0.4) is 0 Å². The van der Waals surface area contributed by atoms with Gasteiger partial charge in [-0.3, -0.25) is 9.59 Å². The second-order valence-electron chi connectivity index (χ2n) is 3.26. The van der Waals surface area contributed by atoms with Crippen LogP contribution >= 0.6 is 0 Å². The van der Waals surface area contributed by atoms with Crippen LogP contribution in [0, 0.1) is 0 Å². The van der Waals surface area contributed by atoms with E-state index in [0.29, 0.717) is 45.9 Å². The molecule has 0 aliphatic heterocycles. The molecule has 0 aromatic heterocycles. The van der Waals surface area contributed by atoms with Crippen molar-refractivity contribution in [2.75, 3.05) is 46.6 Å². The molecule has 0 saturated carbocycles. The lowest BCUT2D eigenvalue weighted by molar-refractivity contribution is -0.139. The third-order valence-electron chi connectivity index (χ3n) is 1.82. The third kappa shape index (κ3) is 9.73. The summed E-state index contributed by atoms with van der Waals surface area (Å²) in [6, 6.07) is 0. The molecule has 17 heavy (non-hydrogen) atoms. The summed E-state index contributed by atoms with van der Waals surface area (Å²) in [5.74, 6) is -1.30. The Labute approximate surface area is 101 Å². The van der Waals surface area contributed by atoms with Crippen LogP contribution in [-0.2, 0) is 19.1 Å². The summed E-state index contributed by atoms with van der Waals surface area (Å²) in [6.07, 6.45) is 0.652. The quantitative estimate of drug-likeness (QED) is 0.330. The Kier molecular flexibility index (Phi) is 10.5. The van der Waals surface area contributed by atoms with Crippen molar-refractivity contribution in [3.05, 3.63) is 0 Å². The maximum Gasteiger partial charge on any atom is 0.309 e. The number of nitrogens with one attached hydrogen (secondary N) is 2. The van der Waals surface area contributed by atoms with Gasteiger partial charge in [0.1, 0.15) is 0 Å². The molecule has 0 aliphatic carbocycles. The van der Waals surface area contributed by atoms with Gasteiger partial charge in [-0.25, -0.2) is 0 Å². The Hall–Kier alpha value is -1.18. The molecule has 0 rings (SSSR count). The molecule has 7 heteroatoms. The molecule has 0 heterocycles. The summed E-state index contributed by atoms with van der Waals surface area (Å²) in [6.45, 7) is 2.62. The lowest BCUT2D eigenvalue weighted by Crippen LogP contribution is -2.42. The number of carbonyl (C=O) groups is 2. The zero-order valence-electron chi connectivity index (χ0n) is 10.2. The van der Waals surface area contributed by atoms with Crippen LogP contribution in [0.1, 0.15) is 6.42 Å². The fourth-order valence-electron chi connectivity index (χ4n) is 0.967. The van der Waals surface area contributed by atoms with E-state index < -0.39 is 11.8 Å². The SMILES string of the molecule is COCCOCCCNC(=O)C(=O)NCCN. The first-order valence-electron chi connectivity index (χ1n) is 5.55. The molecule has 0 aliphatic rings. The standard InChI is InChI=1S/C10H21N3O4/c1-16-7-8-17-6-2-4-12-9(14)10(15)13-5-3-11/h2-8,11H2,1H3,(H,12,14)(H,13,15). The maximum atomic E-state index is 11.2. The second-order valence-corrected chi connectivity index (χ2v) is 3.26.